The van der Waals surface area contributed by atoms with Gasteiger partial charge < -0.3 is 0 Å². The van der Waals surface area contributed by atoms with Gasteiger partial charge in [-0.05, 0) is 0 Å². The van der Waals surface area contributed by atoms with Crippen LogP contribution < -0.4 is 15.9 Å². The molecule has 1 aliphatic heterocycles. The quantitative estimate of drug-likeness (QED) is 0.378. The van der Waals surface area contributed by atoms with Crippen LogP contribution >= 0.6 is 7.41 Å². The molecular weight excluding hydrogens is 389 g/mol. The molecule has 0 atom stereocenters. The molecule has 2 amide bonds. The number of rotatable bonds is 4. The first-order valence-corrected chi connectivity index (χ1v) is 11.8. The second-order valence-corrected chi connectivity index (χ2v) is 10.9. The molecule has 0 aromatic heterocycles. The molecule has 146 valence electrons. The summed E-state index contributed by atoms with van der Waals surface area (Å²) in [4.78, 5) is 27.4. The predicted molar refractivity (Wildman–Crippen MR) is 123 cm³/mol. The Labute approximate surface area is 176 Å². The number of fused-ring (bicyclic) bond motifs is 1. The normalized spacial score (nSPS) is 13.9. The SMILES string of the molecule is O=C1c2ccccc2C(=O)N1[PH](c1ccccc1)(c1ccccc1)c1ccccc1. The summed E-state index contributed by atoms with van der Waals surface area (Å²) in [6.45, 7) is 0. The molecule has 0 saturated heterocycles. The molecule has 4 heteroatoms. The number of imide groups is 1. The summed E-state index contributed by atoms with van der Waals surface area (Å²) in [5.41, 5.74) is 0.948. The molecule has 0 bridgehead atoms. The van der Waals surface area contributed by atoms with E-state index in [2.05, 4.69) is 0 Å². The average molecular weight is 409 g/mol. The molecule has 0 aliphatic carbocycles. The van der Waals surface area contributed by atoms with E-state index >= 15 is 0 Å². The van der Waals surface area contributed by atoms with E-state index in [1.807, 2.05) is 103 Å². The van der Waals surface area contributed by atoms with Crippen LogP contribution in [0.2, 0.25) is 0 Å². The van der Waals surface area contributed by atoms with Gasteiger partial charge in [0.25, 0.3) is 0 Å². The molecule has 0 spiro atoms. The Morgan fingerprint density at radius 2 is 0.733 bits per heavy atom. The van der Waals surface area contributed by atoms with E-state index in [0.29, 0.717) is 11.1 Å². The molecule has 30 heavy (non-hydrogen) atoms. The van der Waals surface area contributed by atoms with Gasteiger partial charge in [-0.25, -0.2) is 0 Å². The summed E-state index contributed by atoms with van der Waals surface area (Å²) >= 11 is 0. The molecule has 1 aliphatic rings. The van der Waals surface area contributed by atoms with Crippen molar-refractivity contribution in [1.82, 2.24) is 4.67 Å². The van der Waals surface area contributed by atoms with Crippen molar-refractivity contribution in [3.05, 3.63) is 126 Å². The standard InChI is InChI=1S/C26H20NO2P/c28-25-23-18-10-11-19-24(23)26(29)27(25)30(20-12-4-1-5-13-20,21-14-6-2-7-15-21)22-16-8-3-9-17-22/h1-19,30H. The van der Waals surface area contributed by atoms with E-state index in [-0.39, 0.29) is 11.8 Å². The summed E-state index contributed by atoms with van der Waals surface area (Å²) < 4.78 is 1.57. The van der Waals surface area contributed by atoms with Crippen LogP contribution in [0.3, 0.4) is 0 Å². The fourth-order valence-electron chi connectivity index (χ4n) is 4.42. The molecule has 0 unspecified atom stereocenters. The maximum absolute atomic E-state index is 13.7. The number of carbonyl (C=O) groups excluding carboxylic acids is 2. The van der Waals surface area contributed by atoms with E-state index in [1.54, 1.807) is 16.8 Å². The van der Waals surface area contributed by atoms with Crippen molar-refractivity contribution in [2.24, 2.45) is 0 Å². The monoisotopic (exact) mass is 409 g/mol. The number of hydrogen-bond acceptors (Lipinski definition) is 2. The van der Waals surface area contributed by atoms with Crippen LogP contribution in [0, 0.1) is 0 Å². The first-order valence-electron chi connectivity index (χ1n) is 9.89. The number of carbonyl (C=O) groups is 2. The van der Waals surface area contributed by atoms with Crippen molar-refractivity contribution in [3.63, 3.8) is 0 Å². The van der Waals surface area contributed by atoms with Gasteiger partial charge in [0.1, 0.15) is 0 Å². The van der Waals surface area contributed by atoms with Gasteiger partial charge in [-0.15, -0.1) is 0 Å². The van der Waals surface area contributed by atoms with Crippen molar-refractivity contribution < 1.29 is 9.59 Å². The van der Waals surface area contributed by atoms with Gasteiger partial charge in [-0.3, -0.25) is 0 Å². The van der Waals surface area contributed by atoms with Crippen LogP contribution in [0.25, 0.3) is 0 Å². The van der Waals surface area contributed by atoms with Crippen molar-refractivity contribution >= 4 is 35.1 Å². The third-order valence-corrected chi connectivity index (χ3v) is 10.3. The Morgan fingerprint density at radius 1 is 0.433 bits per heavy atom. The number of nitrogens with zero attached hydrogens (tertiary/aromatic N) is 1. The van der Waals surface area contributed by atoms with Crippen LogP contribution in [0.5, 0.6) is 0 Å². The van der Waals surface area contributed by atoms with E-state index in [1.165, 1.54) is 0 Å². The Bertz CT molecular complexity index is 1090. The molecular formula is C26H20NO2P. The average Bonchev–Trinajstić information content (AvgIpc) is 3.08. The van der Waals surface area contributed by atoms with Gasteiger partial charge in [0.05, 0.1) is 0 Å². The fraction of sp³-hybridized carbons (Fsp3) is 0. The topological polar surface area (TPSA) is 37.4 Å². The van der Waals surface area contributed by atoms with Crippen LogP contribution in [-0.4, -0.2) is 16.5 Å². The predicted octanol–water partition coefficient (Wildman–Crippen LogP) is 3.92. The van der Waals surface area contributed by atoms with Crippen LogP contribution in [0.4, 0.5) is 0 Å². The second kappa shape index (κ2) is 7.37. The van der Waals surface area contributed by atoms with Gasteiger partial charge >= 0.3 is 176 Å². The summed E-state index contributed by atoms with van der Waals surface area (Å²) in [5.74, 6) is -0.447. The third-order valence-electron chi connectivity index (χ3n) is 5.70. The molecule has 0 saturated carbocycles. The van der Waals surface area contributed by atoms with Crippen molar-refractivity contribution in [3.8, 4) is 0 Å². The van der Waals surface area contributed by atoms with E-state index < -0.39 is 7.41 Å². The van der Waals surface area contributed by atoms with E-state index in [9.17, 15) is 9.59 Å². The summed E-state index contributed by atoms with van der Waals surface area (Å²) in [5, 5.41) is 2.99. The molecule has 4 aromatic rings. The first-order chi connectivity index (χ1) is 14.7. The number of benzene rings is 4. The summed E-state index contributed by atoms with van der Waals surface area (Å²) in [6.07, 6.45) is 0. The van der Waals surface area contributed by atoms with Crippen LogP contribution in [0.15, 0.2) is 115 Å². The Morgan fingerprint density at radius 3 is 1.07 bits per heavy atom. The number of hydrogen-bond donors (Lipinski definition) is 0. The minimum atomic E-state index is -3.18. The van der Waals surface area contributed by atoms with Crippen LogP contribution in [0.1, 0.15) is 20.7 Å². The van der Waals surface area contributed by atoms with Crippen molar-refractivity contribution in [1.29, 1.82) is 0 Å². The number of amides is 2. The second-order valence-electron chi connectivity index (χ2n) is 7.30. The van der Waals surface area contributed by atoms with Crippen LogP contribution in [-0.2, 0) is 0 Å². The molecule has 4 aromatic carbocycles. The van der Waals surface area contributed by atoms with Gasteiger partial charge in [0.15, 0.2) is 0 Å². The van der Waals surface area contributed by atoms with Gasteiger partial charge in [-0.2, -0.15) is 0 Å². The van der Waals surface area contributed by atoms with E-state index in [4.69, 9.17) is 0 Å². The summed E-state index contributed by atoms with van der Waals surface area (Å²) in [7, 11) is -3.18. The molecule has 5 rings (SSSR count). The molecule has 0 fully saturated rings. The van der Waals surface area contributed by atoms with Gasteiger partial charge in [0.2, 0.25) is 0 Å². The zero-order chi connectivity index (χ0) is 20.6. The summed E-state index contributed by atoms with van der Waals surface area (Å²) in [6, 6.07) is 37.1. The van der Waals surface area contributed by atoms with Gasteiger partial charge in [0, 0.05) is 0 Å². The Hall–Kier alpha value is -3.55. The van der Waals surface area contributed by atoms with Crippen molar-refractivity contribution in [2.75, 3.05) is 0 Å². The zero-order valence-corrected chi connectivity index (χ0v) is 17.2. The fourth-order valence-corrected chi connectivity index (χ4v) is 9.07. The Kier molecular flexibility index (Phi) is 4.54. The van der Waals surface area contributed by atoms with Crippen molar-refractivity contribution in [2.45, 2.75) is 0 Å². The minimum absolute atomic E-state index is 0.223. The third kappa shape index (κ3) is 2.63. The van der Waals surface area contributed by atoms with E-state index in [0.717, 1.165) is 15.9 Å². The van der Waals surface area contributed by atoms with Gasteiger partial charge in [-0.1, -0.05) is 0 Å². The Balaban J connectivity index is 1.89. The molecule has 1 heterocycles. The molecule has 0 radical (unpaired) electrons. The molecule has 0 N–H and O–H groups in total. The zero-order valence-electron chi connectivity index (χ0n) is 16.2. The maximum atomic E-state index is 13.7. The molecule has 3 nitrogen and oxygen atoms in total. The first kappa shape index (κ1) is 18.5.